The molecule has 1 N–H and O–H groups in total. The second kappa shape index (κ2) is 6.35. The van der Waals surface area contributed by atoms with Crippen LogP contribution in [0, 0.1) is 5.92 Å². The molecule has 1 atom stereocenters. The maximum absolute atomic E-state index is 10.8. The number of benzene rings is 1. The molecule has 6 heteroatoms. The molecule has 0 aliphatic carbocycles. The summed E-state index contributed by atoms with van der Waals surface area (Å²) in [6.07, 6.45) is 1.53. The van der Waals surface area contributed by atoms with Crippen molar-refractivity contribution in [2.24, 2.45) is 5.92 Å². The molecular formula is C11H15ClO4S. The molecule has 1 aromatic rings. The van der Waals surface area contributed by atoms with E-state index in [0.29, 0.717) is 11.4 Å². The minimum atomic E-state index is -3.46. The molecule has 96 valence electrons. The van der Waals surface area contributed by atoms with E-state index >= 15 is 0 Å². The molecule has 0 spiro atoms. The average molecular weight is 279 g/mol. The molecule has 0 aromatic heterocycles. The maximum Gasteiger partial charge on any atom is 0.264 e. The Morgan fingerprint density at radius 3 is 2.41 bits per heavy atom. The zero-order valence-electron chi connectivity index (χ0n) is 9.47. The van der Waals surface area contributed by atoms with Crippen LogP contribution in [0.5, 0.6) is 0 Å². The van der Waals surface area contributed by atoms with Gasteiger partial charge in [-0.15, -0.1) is 0 Å². The van der Waals surface area contributed by atoms with E-state index in [-0.39, 0.29) is 19.1 Å². The molecule has 0 saturated heterocycles. The highest BCUT2D eigenvalue weighted by Gasteiger charge is 2.12. The van der Waals surface area contributed by atoms with Gasteiger partial charge in [0, 0.05) is 17.5 Å². The molecule has 0 bridgehead atoms. The Bertz CT molecular complexity index is 441. The number of aliphatic hydroxyl groups excluding tert-OH is 1. The van der Waals surface area contributed by atoms with Gasteiger partial charge in [0.1, 0.15) is 0 Å². The largest absolute Gasteiger partial charge is 0.396 e. The molecule has 0 aliphatic rings. The fraction of sp³-hybridized carbons (Fsp3) is 0.455. The molecule has 4 nitrogen and oxygen atoms in total. The molecule has 0 heterocycles. The van der Waals surface area contributed by atoms with E-state index in [9.17, 15) is 8.42 Å². The van der Waals surface area contributed by atoms with Crippen molar-refractivity contribution in [2.75, 3.05) is 19.5 Å². The molecule has 17 heavy (non-hydrogen) atoms. The lowest BCUT2D eigenvalue weighted by molar-refractivity contribution is 0.167. The Labute approximate surface area is 106 Å². The van der Waals surface area contributed by atoms with Crippen LogP contribution in [0.15, 0.2) is 24.3 Å². The highest BCUT2D eigenvalue weighted by atomic mass is 35.5. The summed E-state index contributed by atoms with van der Waals surface area (Å²) in [4.78, 5) is 0. The summed E-state index contributed by atoms with van der Waals surface area (Å²) in [6.45, 7) is -0.143. The van der Waals surface area contributed by atoms with Crippen molar-refractivity contribution in [3.8, 4) is 0 Å². The van der Waals surface area contributed by atoms with E-state index in [1.54, 1.807) is 12.1 Å². The minimum Gasteiger partial charge on any atom is -0.396 e. The van der Waals surface area contributed by atoms with Crippen molar-refractivity contribution in [1.29, 1.82) is 0 Å². The van der Waals surface area contributed by atoms with E-state index in [2.05, 4.69) is 4.18 Å². The molecule has 1 rings (SSSR count). The van der Waals surface area contributed by atoms with E-state index in [4.69, 9.17) is 16.7 Å². The first-order valence-electron chi connectivity index (χ1n) is 5.10. The Balaban J connectivity index is 2.55. The van der Waals surface area contributed by atoms with Crippen LogP contribution >= 0.6 is 11.6 Å². The van der Waals surface area contributed by atoms with Gasteiger partial charge in [0.15, 0.2) is 0 Å². The van der Waals surface area contributed by atoms with Gasteiger partial charge in [-0.1, -0.05) is 23.7 Å². The van der Waals surface area contributed by atoms with Gasteiger partial charge in [-0.25, -0.2) is 0 Å². The lowest BCUT2D eigenvalue weighted by atomic mass is 10.0. The monoisotopic (exact) mass is 278 g/mol. The first kappa shape index (κ1) is 14.4. The topological polar surface area (TPSA) is 63.6 Å². The third-order valence-corrected chi connectivity index (χ3v) is 3.03. The molecule has 0 amide bonds. The van der Waals surface area contributed by atoms with Gasteiger partial charge in [0.2, 0.25) is 0 Å². The second-order valence-corrected chi connectivity index (χ2v) is 5.95. The molecule has 0 saturated carbocycles. The first-order chi connectivity index (χ1) is 7.90. The van der Waals surface area contributed by atoms with Crippen molar-refractivity contribution in [3.63, 3.8) is 0 Å². The van der Waals surface area contributed by atoms with Crippen LogP contribution in [0.25, 0.3) is 0 Å². The highest BCUT2D eigenvalue weighted by Crippen LogP contribution is 2.14. The number of aliphatic hydroxyl groups is 1. The molecule has 0 aliphatic heterocycles. The van der Waals surface area contributed by atoms with Gasteiger partial charge in [-0.2, -0.15) is 8.42 Å². The van der Waals surface area contributed by atoms with Gasteiger partial charge in [0.25, 0.3) is 10.1 Å². The van der Waals surface area contributed by atoms with Crippen molar-refractivity contribution in [1.82, 2.24) is 0 Å². The fourth-order valence-corrected chi connectivity index (χ4v) is 1.92. The smallest absolute Gasteiger partial charge is 0.264 e. The van der Waals surface area contributed by atoms with Gasteiger partial charge >= 0.3 is 0 Å². The van der Waals surface area contributed by atoms with E-state index < -0.39 is 10.1 Å². The zero-order valence-corrected chi connectivity index (χ0v) is 11.0. The summed E-state index contributed by atoms with van der Waals surface area (Å²) in [7, 11) is -3.46. The predicted octanol–water partition coefficient (Wildman–Crippen LogP) is 1.47. The van der Waals surface area contributed by atoms with Crippen LogP contribution in [0.1, 0.15) is 5.56 Å². The SMILES string of the molecule is CS(=O)(=O)OCC(CO)Cc1ccc(Cl)cc1. The van der Waals surface area contributed by atoms with E-state index in [1.807, 2.05) is 12.1 Å². The second-order valence-electron chi connectivity index (χ2n) is 3.87. The van der Waals surface area contributed by atoms with Crippen molar-refractivity contribution in [3.05, 3.63) is 34.9 Å². The summed E-state index contributed by atoms with van der Waals surface area (Å²) in [6, 6.07) is 7.18. The highest BCUT2D eigenvalue weighted by molar-refractivity contribution is 7.85. The Morgan fingerprint density at radius 2 is 1.94 bits per heavy atom. The minimum absolute atomic E-state index is 0.0159. The summed E-state index contributed by atoms with van der Waals surface area (Å²) < 4.78 is 26.3. The third kappa shape index (κ3) is 6.02. The van der Waals surface area contributed by atoms with E-state index in [0.717, 1.165) is 11.8 Å². The van der Waals surface area contributed by atoms with Crippen molar-refractivity contribution in [2.45, 2.75) is 6.42 Å². The first-order valence-corrected chi connectivity index (χ1v) is 7.30. The van der Waals surface area contributed by atoms with Gasteiger partial charge in [-0.3, -0.25) is 4.18 Å². The van der Waals surface area contributed by atoms with Crippen LogP contribution < -0.4 is 0 Å². The summed E-state index contributed by atoms with van der Waals surface area (Å²) in [5, 5.41) is 9.78. The van der Waals surface area contributed by atoms with Gasteiger partial charge in [0.05, 0.1) is 12.9 Å². The predicted molar refractivity (Wildman–Crippen MR) is 66.5 cm³/mol. The number of halogens is 1. The van der Waals surface area contributed by atoms with Crippen molar-refractivity contribution >= 4 is 21.7 Å². The van der Waals surface area contributed by atoms with Gasteiger partial charge in [-0.05, 0) is 24.1 Å². The van der Waals surface area contributed by atoms with Gasteiger partial charge < -0.3 is 5.11 Å². The molecular weight excluding hydrogens is 264 g/mol. The fourth-order valence-electron chi connectivity index (χ4n) is 1.35. The lowest BCUT2D eigenvalue weighted by Gasteiger charge is -2.13. The molecule has 0 radical (unpaired) electrons. The zero-order chi connectivity index (χ0) is 12.9. The van der Waals surface area contributed by atoms with Crippen LogP contribution in [-0.4, -0.2) is 33.0 Å². The summed E-state index contributed by atoms with van der Waals surface area (Å²) in [5.41, 5.74) is 0.977. The number of rotatable bonds is 6. The molecule has 1 aromatic carbocycles. The van der Waals surface area contributed by atoms with Crippen LogP contribution in [0.3, 0.4) is 0 Å². The van der Waals surface area contributed by atoms with Crippen molar-refractivity contribution < 1.29 is 17.7 Å². The Kier molecular flexibility index (Phi) is 5.39. The molecule has 0 fully saturated rings. The normalized spacial score (nSPS) is 13.6. The standard InChI is InChI=1S/C11H15ClO4S/c1-17(14,15)16-8-10(7-13)6-9-2-4-11(12)5-3-9/h2-5,10,13H,6-8H2,1H3. The average Bonchev–Trinajstić information content (AvgIpc) is 2.25. The number of hydrogen-bond acceptors (Lipinski definition) is 4. The van der Waals surface area contributed by atoms with Crippen LogP contribution in [-0.2, 0) is 20.7 Å². The quantitative estimate of drug-likeness (QED) is 0.801. The van der Waals surface area contributed by atoms with Crippen LogP contribution in [0.2, 0.25) is 5.02 Å². The number of hydrogen-bond donors (Lipinski definition) is 1. The molecule has 1 unspecified atom stereocenters. The lowest BCUT2D eigenvalue weighted by Crippen LogP contribution is -2.19. The maximum atomic E-state index is 10.8. The Morgan fingerprint density at radius 1 is 1.35 bits per heavy atom. The third-order valence-electron chi connectivity index (χ3n) is 2.21. The van der Waals surface area contributed by atoms with E-state index in [1.165, 1.54) is 0 Å². The Hall–Kier alpha value is -0.620. The summed E-state index contributed by atoms with van der Waals surface area (Å²) in [5.74, 6) is -0.245. The summed E-state index contributed by atoms with van der Waals surface area (Å²) >= 11 is 5.75. The van der Waals surface area contributed by atoms with Crippen LogP contribution in [0.4, 0.5) is 0 Å².